The number of amidine groups is 1. The maximum absolute atomic E-state index is 14.4. The standard InChI is InChI=1S/C13H13BrFN3OS/c1-18(7-8-3-2-6-20-8)10-5-4-9(13(16)17-19)11(14)12(10)15/h2-6,19H,7H2,1H3,(H2,16,17). The van der Waals surface area contributed by atoms with Crippen LogP contribution in [0.2, 0.25) is 0 Å². The van der Waals surface area contributed by atoms with E-state index in [1.807, 2.05) is 29.5 Å². The summed E-state index contributed by atoms with van der Waals surface area (Å²) in [4.78, 5) is 2.95. The lowest BCUT2D eigenvalue weighted by atomic mass is 10.1. The average molecular weight is 358 g/mol. The highest BCUT2D eigenvalue weighted by atomic mass is 79.9. The van der Waals surface area contributed by atoms with Gasteiger partial charge in [0.2, 0.25) is 0 Å². The molecule has 7 heteroatoms. The van der Waals surface area contributed by atoms with Crippen molar-refractivity contribution in [2.75, 3.05) is 11.9 Å². The molecule has 20 heavy (non-hydrogen) atoms. The first-order valence-corrected chi connectivity index (χ1v) is 7.41. The van der Waals surface area contributed by atoms with Gasteiger partial charge in [0.25, 0.3) is 0 Å². The van der Waals surface area contributed by atoms with Gasteiger partial charge in [-0.05, 0) is 39.5 Å². The van der Waals surface area contributed by atoms with Crippen LogP contribution >= 0.6 is 27.3 Å². The summed E-state index contributed by atoms with van der Waals surface area (Å²) < 4.78 is 14.5. The first kappa shape index (κ1) is 14.8. The van der Waals surface area contributed by atoms with E-state index in [1.54, 1.807) is 23.5 Å². The second-order valence-electron chi connectivity index (χ2n) is 4.18. The Kier molecular flexibility index (Phi) is 4.61. The number of anilines is 1. The van der Waals surface area contributed by atoms with Crippen LogP contribution in [-0.4, -0.2) is 18.1 Å². The van der Waals surface area contributed by atoms with E-state index >= 15 is 0 Å². The number of rotatable bonds is 4. The first-order chi connectivity index (χ1) is 9.54. The zero-order valence-corrected chi connectivity index (χ0v) is 13.1. The van der Waals surface area contributed by atoms with Gasteiger partial charge in [-0.1, -0.05) is 11.2 Å². The second kappa shape index (κ2) is 6.23. The molecular weight excluding hydrogens is 345 g/mol. The molecule has 0 bridgehead atoms. The van der Waals surface area contributed by atoms with E-state index in [4.69, 9.17) is 10.9 Å². The van der Waals surface area contributed by atoms with Gasteiger partial charge in [0.05, 0.1) is 16.7 Å². The van der Waals surface area contributed by atoms with Gasteiger partial charge in [-0.2, -0.15) is 0 Å². The molecular formula is C13H13BrFN3OS. The van der Waals surface area contributed by atoms with Gasteiger partial charge in [-0.25, -0.2) is 4.39 Å². The highest BCUT2D eigenvalue weighted by molar-refractivity contribution is 9.10. The monoisotopic (exact) mass is 357 g/mol. The van der Waals surface area contributed by atoms with E-state index in [-0.39, 0.29) is 10.3 Å². The largest absolute Gasteiger partial charge is 0.409 e. The summed E-state index contributed by atoms with van der Waals surface area (Å²) in [7, 11) is 1.81. The van der Waals surface area contributed by atoms with E-state index in [0.717, 1.165) is 4.88 Å². The number of benzene rings is 1. The Morgan fingerprint density at radius 1 is 1.50 bits per heavy atom. The number of oxime groups is 1. The molecule has 0 unspecified atom stereocenters. The predicted octanol–water partition coefficient (Wildman–Crippen LogP) is 3.38. The molecule has 0 aliphatic heterocycles. The third-order valence-corrected chi connectivity index (χ3v) is 4.47. The summed E-state index contributed by atoms with van der Waals surface area (Å²) in [6.07, 6.45) is 0. The Morgan fingerprint density at radius 3 is 2.85 bits per heavy atom. The molecule has 3 N–H and O–H groups in total. The smallest absolute Gasteiger partial charge is 0.171 e. The molecule has 1 aromatic heterocycles. The molecule has 2 aromatic rings. The zero-order valence-electron chi connectivity index (χ0n) is 10.7. The van der Waals surface area contributed by atoms with Gasteiger partial charge in [-0.15, -0.1) is 11.3 Å². The van der Waals surface area contributed by atoms with Crippen molar-refractivity contribution in [2.24, 2.45) is 10.9 Å². The molecule has 0 atom stereocenters. The molecule has 106 valence electrons. The third-order valence-electron chi connectivity index (χ3n) is 2.83. The minimum absolute atomic E-state index is 0.136. The molecule has 2 rings (SSSR count). The number of hydrogen-bond donors (Lipinski definition) is 2. The van der Waals surface area contributed by atoms with Gasteiger partial charge < -0.3 is 15.8 Å². The van der Waals surface area contributed by atoms with Crippen molar-refractivity contribution < 1.29 is 9.60 Å². The molecule has 0 spiro atoms. The number of hydrogen-bond acceptors (Lipinski definition) is 4. The van der Waals surface area contributed by atoms with Gasteiger partial charge in [0.15, 0.2) is 11.7 Å². The highest BCUT2D eigenvalue weighted by Gasteiger charge is 2.16. The molecule has 1 heterocycles. The molecule has 0 fully saturated rings. The summed E-state index contributed by atoms with van der Waals surface area (Å²) in [6, 6.07) is 7.18. The molecule has 4 nitrogen and oxygen atoms in total. The molecule has 0 saturated heterocycles. The van der Waals surface area contributed by atoms with Crippen LogP contribution in [0.3, 0.4) is 0 Å². The maximum Gasteiger partial charge on any atom is 0.171 e. The quantitative estimate of drug-likeness (QED) is 0.381. The Morgan fingerprint density at radius 2 is 2.25 bits per heavy atom. The molecule has 1 aromatic carbocycles. The third kappa shape index (κ3) is 2.94. The SMILES string of the molecule is CN(Cc1cccs1)c1ccc(/C(N)=N/O)c(Br)c1F. The van der Waals surface area contributed by atoms with Crippen molar-refractivity contribution in [3.8, 4) is 0 Å². The summed E-state index contributed by atoms with van der Waals surface area (Å²) in [5, 5.41) is 13.5. The molecule has 0 saturated carbocycles. The number of nitrogens with two attached hydrogens (primary N) is 1. The second-order valence-corrected chi connectivity index (χ2v) is 6.01. The Hall–Kier alpha value is -1.60. The van der Waals surface area contributed by atoms with Crippen LogP contribution in [0.1, 0.15) is 10.4 Å². The lowest BCUT2D eigenvalue weighted by Crippen LogP contribution is -2.19. The topological polar surface area (TPSA) is 61.8 Å². The van der Waals surface area contributed by atoms with Crippen LogP contribution in [0.5, 0.6) is 0 Å². The van der Waals surface area contributed by atoms with Crippen molar-refractivity contribution in [1.29, 1.82) is 0 Å². The summed E-state index contributed by atoms with van der Waals surface area (Å²) in [6.45, 7) is 0.615. The van der Waals surface area contributed by atoms with Gasteiger partial charge in [0.1, 0.15) is 0 Å². The maximum atomic E-state index is 14.4. The normalized spacial score (nSPS) is 11.7. The summed E-state index contributed by atoms with van der Waals surface area (Å²) >= 11 is 4.77. The zero-order chi connectivity index (χ0) is 14.7. The Balaban J connectivity index is 2.31. The molecule has 0 amide bonds. The average Bonchev–Trinajstić information content (AvgIpc) is 2.93. The van der Waals surface area contributed by atoms with Crippen LogP contribution in [-0.2, 0) is 6.54 Å². The lowest BCUT2D eigenvalue weighted by molar-refractivity contribution is 0.318. The van der Waals surface area contributed by atoms with Crippen LogP contribution in [0, 0.1) is 5.82 Å². The predicted molar refractivity (Wildman–Crippen MR) is 83.0 cm³/mol. The van der Waals surface area contributed by atoms with E-state index in [1.165, 1.54) is 0 Å². The number of thiophene rings is 1. The molecule has 0 aliphatic carbocycles. The van der Waals surface area contributed by atoms with Gasteiger partial charge in [-0.3, -0.25) is 0 Å². The van der Waals surface area contributed by atoms with Crippen LogP contribution in [0.25, 0.3) is 0 Å². The van der Waals surface area contributed by atoms with Crippen LogP contribution in [0.15, 0.2) is 39.3 Å². The highest BCUT2D eigenvalue weighted by Crippen LogP contribution is 2.30. The molecule has 0 aliphatic rings. The van der Waals surface area contributed by atoms with Crippen LogP contribution in [0.4, 0.5) is 10.1 Å². The minimum atomic E-state index is -0.437. The van der Waals surface area contributed by atoms with Gasteiger partial charge in [0, 0.05) is 17.5 Å². The Bertz CT molecular complexity index is 631. The van der Waals surface area contributed by atoms with E-state index in [9.17, 15) is 4.39 Å². The fourth-order valence-corrected chi connectivity index (χ4v) is 3.10. The molecule has 0 radical (unpaired) electrons. The first-order valence-electron chi connectivity index (χ1n) is 5.74. The summed E-state index contributed by atoms with van der Waals surface area (Å²) in [5.74, 6) is -0.573. The Labute approximate surface area is 128 Å². The fraction of sp³-hybridized carbons (Fsp3) is 0.154. The summed E-state index contributed by atoms with van der Waals surface area (Å²) in [5.41, 5.74) is 6.25. The fourth-order valence-electron chi connectivity index (χ4n) is 1.81. The van der Waals surface area contributed by atoms with Crippen LogP contribution < -0.4 is 10.6 Å². The van der Waals surface area contributed by atoms with Crippen molar-refractivity contribution in [3.63, 3.8) is 0 Å². The van der Waals surface area contributed by atoms with E-state index in [0.29, 0.717) is 17.8 Å². The van der Waals surface area contributed by atoms with Gasteiger partial charge >= 0.3 is 0 Å². The van der Waals surface area contributed by atoms with E-state index < -0.39 is 5.82 Å². The minimum Gasteiger partial charge on any atom is -0.409 e. The lowest BCUT2D eigenvalue weighted by Gasteiger charge is -2.20. The van der Waals surface area contributed by atoms with Crippen molar-refractivity contribution >= 4 is 38.8 Å². The van der Waals surface area contributed by atoms with E-state index in [2.05, 4.69) is 21.1 Å². The van der Waals surface area contributed by atoms with Crippen molar-refractivity contribution in [1.82, 2.24) is 0 Å². The van der Waals surface area contributed by atoms with Crippen molar-refractivity contribution in [2.45, 2.75) is 6.54 Å². The number of nitrogens with zero attached hydrogens (tertiary/aromatic N) is 2. The number of halogens is 2. The van der Waals surface area contributed by atoms with Crippen molar-refractivity contribution in [3.05, 3.63) is 50.4 Å².